The minimum Gasteiger partial charge on any atom is -0.497 e. The van der Waals surface area contributed by atoms with E-state index < -0.39 is 6.61 Å². The number of hydrogen-bond acceptors (Lipinski definition) is 3. The summed E-state index contributed by atoms with van der Waals surface area (Å²) >= 11 is 5.56. The molecule has 0 atom stereocenters. The summed E-state index contributed by atoms with van der Waals surface area (Å²) in [5.74, 6) is 0.937. The van der Waals surface area contributed by atoms with Crippen molar-refractivity contribution in [1.82, 2.24) is 4.90 Å². The number of thiocarbonyl (C=S) groups is 1. The zero-order chi connectivity index (χ0) is 18.5. The van der Waals surface area contributed by atoms with Gasteiger partial charge in [-0.25, -0.2) is 0 Å². The summed E-state index contributed by atoms with van der Waals surface area (Å²) < 4.78 is 34.0. The van der Waals surface area contributed by atoms with Crippen molar-refractivity contribution in [2.24, 2.45) is 0 Å². The summed E-state index contributed by atoms with van der Waals surface area (Å²) in [4.78, 5) is 2.15. The van der Waals surface area contributed by atoms with E-state index in [9.17, 15) is 8.78 Å². The summed E-state index contributed by atoms with van der Waals surface area (Å²) in [7, 11) is 1.64. The van der Waals surface area contributed by atoms with Gasteiger partial charge >= 0.3 is 6.61 Å². The quantitative estimate of drug-likeness (QED) is 0.709. The van der Waals surface area contributed by atoms with Crippen LogP contribution in [-0.2, 0) is 6.54 Å². The largest absolute Gasteiger partial charge is 0.497 e. The van der Waals surface area contributed by atoms with Crippen molar-refractivity contribution in [1.29, 1.82) is 0 Å². The lowest BCUT2D eigenvalue weighted by Gasteiger charge is -2.26. The van der Waals surface area contributed by atoms with Gasteiger partial charge in [0, 0.05) is 18.3 Å². The lowest BCUT2D eigenvalue weighted by Crippen LogP contribution is -2.36. The molecule has 0 aromatic heterocycles. The number of hydrogen-bond donors (Lipinski definition) is 1. The SMILES string of the molecule is COc1ccc(CN(C(=S)Nc2ccc(OC(F)F)cc2)C2CC2)cc1. The molecule has 1 N–H and O–H groups in total. The molecule has 26 heavy (non-hydrogen) atoms. The highest BCUT2D eigenvalue weighted by molar-refractivity contribution is 7.80. The number of methoxy groups -OCH3 is 1. The Kier molecular flexibility index (Phi) is 5.88. The van der Waals surface area contributed by atoms with Crippen molar-refractivity contribution < 1.29 is 18.3 Å². The Morgan fingerprint density at radius 2 is 1.73 bits per heavy atom. The van der Waals surface area contributed by atoms with E-state index in [2.05, 4.69) is 15.0 Å². The molecule has 2 aromatic carbocycles. The van der Waals surface area contributed by atoms with E-state index in [1.54, 1.807) is 19.2 Å². The van der Waals surface area contributed by atoms with Crippen LogP contribution >= 0.6 is 12.2 Å². The summed E-state index contributed by atoms with van der Waals surface area (Å²) in [6.07, 6.45) is 2.22. The van der Waals surface area contributed by atoms with Gasteiger partial charge in [-0.1, -0.05) is 12.1 Å². The molecule has 138 valence electrons. The number of alkyl halides is 2. The van der Waals surface area contributed by atoms with Crippen LogP contribution in [0.1, 0.15) is 18.4 Å². The maximum atomic E-state index is 12.2. The predicted molar refractivity (Wildman–Crippen MR) is 101 cm³/mol. The Morgan fingerprint density at radius 3 is 2.27 bits per heavy atom. The van der Waals surface area contributed by atoms with Crippen LogP contribution in [0.15, 0.2) is 48.5 Å². The smallest absolute Gasteiger partial charge is 0.387 e. The van der Waals surface area contributed by atoms with Gasteiger partial charge in [0.25, 0.3) is 0 Å². The van der Waals surface area contributed by atoms with Gasteiger partial charge in [0.05, 0.1) is 7.11 Å². The van der Waals surface area contributed by atoms with Crippen molar-refractivity contribution in [2.45, 2.75) is 32.0 Å². The van der Waals surface area contributed by atoms with Crippen molar-refractivity contribution in [3.05, 3.63) is 54.1 Å². The summed E-state index contributed by atoms with van der Waals surface area (Å²) in [6.45, 7) is -2.13. The van der Waals surface area contributed by atoms with E-state index in [4.69, 9.17) is 17.0 Å². The van der Waals surface area contributed by atoms with Gasteiger partial charge in [-0.3, -0.25) is 0 Å². The average molecular weight is 378 g/mol. The van der Waals surface area contributed by atoms with Crippen LogP contribution in [0.5, 0.6) is 11.5 Å². The number of anilines is 1. The van der Waals surface area contributed by atoms with Gasteiger partial charge in [0.1, 0.15) is 11.5 Å². The third-order valence-corrected chi connectivity index (χ3v) is 4.43. The highest BCUT2D eigenvalue weighted by atomic mass is 32.1. The highest BCUT2D eigenvalue weighted by Crippen LogP contribution is 2.29. The van der Waals surface area contributed by atoms with Gasteiger partial charge in [-0.2, -0.15) is 8.78 Å². The number of nitrogens with one attached hydrogen (secondary N) is 1. The Bertz CT molecular complexity index is 734. The lowest BCUT2D eigenvalue weighted by molar-refractivity contribution is -0.0498. The minimum absolute atomic E-state index is 0.119. The highest BCUT2D eigenvalue weighted by Gasteiger charge is 2.30. The van der Waals surface area contributed by atoms with Gasteiger partial charge in [-0.15, -0.1) is 0 Å². The monoisotopic (exact) mass is 378 g/mol. The van der Waals surface area contributed by atoms with E-state index in [1.165, 1.54) is 12.1 Å². The van der Waals surface area contributed by atoms with Crippen LogP contribution in [0.3, 0.4) is 0 Å². The van der Waals surface area contributed by atoms with E-state index in [0.29, 0.717) is 17.7 Å². The molecule has 1 saturated carbocycles. The molecule has 0 saturated heterocycles. The Labute approximate surface area is 156 Å². The van der Waals surface area contributed by atoms with Crippen LogP contribution < -0.4 is 14.8 Å². The second kappa shape index (κ2) is 8.31. The number of ether oxygens (including phenoxy) is 2. The van der Waals surface area contributed by atoms with E-state index in [1.807, 2.05) is 24.3 Å². The minimum atomic E-state index is -2.83. The zero-order valence-electron chi connectivity index (χ0n) is 14.3. The maximum absolute atomic E-state index is 12.2. The first kappa shape index (κ1) is 18.4. The zero-order valence-corrected chi connectivity index (χ0v) is 15.1. The Balaban J connectivity index is 1.63. The molecule has 1 aliphatic rings. The fraction of sp³-hybridized carbons (Fsp3) is 0.316. The van der Waals surface area contributed by atoms with E-state index in [-0.39, 0.29) is 5.75 Å². The third kappa shape index (κ3) is 5.05. The first-order valence-corrected chi connectivity index (χ1v) is 8.71. The molecule has 0 spiro atoms. The molecule has 0 heterocycles. The molecular formula is C19H20F2N2O2S. The molecule has 0 aliphatic heterocycles. The second-order valence-electron chi connectivity index (χ2n) is 6.04. The topological polar surface area (TPSA) is 33.7 Å². The molecule has 0 unspecified atom stereocenters. The van der Waals surface area contributed by atoms with Crippen LogP contribution in [0.2, 0.25) is 0 Å². The molecule has 1 aliphatic carbocycles. The van der Waals surface area contributed by atoms with Crippen LogP contribution in [0.25, 0.3) is 0 Å². The molecule has 0 radical (unpaired) electrons. The van der Waals surface area contributed by atoms with Crippen molar-refractivity contribution >= 4 is 23.0 Å². The molecule has 3 rings (SSSR count). The standard InChI is InChI=1S/C19H20F2N2O2S/c1-24-16-8-2-13(3-9-16)12-23(15-6-7-15)19(26)22-14-4-10-17(11-5-14)25-18(20)21/h2-5,8-11,15,18H,6-7,12H2,1H3,(H,22,26). The lowest BCUT2D eigenvalue weighted by atomic mass is 10.2. The van der Waals surface area contributed by atoms with Gasteiger partial charge in [-0.05, 0) is 67.0 Å². The van der Waals surface area contributed by atoms with Crippen molar-refractivity contribution in [2.75, 3.05) is 12.4 Å². The fourth-order valence-corrected chi connectivity index (χ4v) is 2.93. The van der Waals surface area contributed by atoms with Crippen LogP contribution in [-0.4, -0.2) is 29.8 Å². The molecule has 0 amide bonds. The predicted octanol–water partition coefficient (Wildman–Crippen LogP) is 4.66. The van der Waals surface area contributed by atoms with Gasteiger partial charge in [0.15, 0.2) is 5.11 Å². The van der Waals surface area contributed by atoms with Gasteiger partial charge in [0.2, 0.25) is 0 Å². The molecule has 4 nitrogen and oxygen atoms in total. The Hall–Kier alpha value is -2.41. The molecular weight excluding hydrogens is 358 g/mol. The normalized spacial score (nSPS) is 13.4. The molecule has 0 bridgehead atoms. The first-order valence-electron chi connectivity index (χ1n) is 8.30. The summed E-state index contributed by atoms with van der Waals surface area (Å²) in [5.41, 5.74) is 1.87. The summed E-state index contributed by atoms with van der Waals surface area (Å²) in [5, 5.41) is 3.79. The average Bonchev–Trinajstić information content (AvgIpc) is 3.46. The number of rotatable bonds is 7. The van der Waals surface area contributed by atoms with E-state index in [0.717, 1.165) is 29.8 Å². The first-order chi connectivity index (χ1) is 12.5. The summed E-state index contributed by atoms with van der Waals surface area (Å²) in [6, 6.07) is 14.6. The number of nitrogens with zero attached hydrogens (tertiary/aromatic N) is 1. The number of halogens is 2. The fourth-order valence-electron chi connectivity index (χ4n) is 2.60. The van der Waals surface area contributed by atoms with Gasteiger partial charge < -0.3 is 19.7 Å². The van der Waals surface area contributed by atoms with Crippen molar-refractivity contribution in [3.8, 4) is 11.5 Å². The molecule has 2 aromatic rings. The number of benzene rings is 2. The second-order valence-corrected chi connectivity index (χ2v) is 6.43. The van der Waals surface area contributed by atoms with Crippen LogP contribution in [0.4, 0.5) is 14.5 Å². The van der Waals surface area contributed by atoms with E-state index >= 15 is 0 Å². The third-order valence-electron chi connectivity index (χ3n) is 4.09. The van der Waals surface area contributed by atoms with Crippen molar-refractivity contribution in [3.63, 3.8) is 0 Å². The van der Waals surface area contributed by atoms with Crippen LogP contribution in [0, 0.1) is 0 Å². The molecule has 1 fully saturated rings. The maximum Gasteiger partial charge on any atom is 0.387 e. The molecule has 7 heteroatoms. The Morgan fingerprint density at radius 1 is 1.12 bits per heavy atom.